The third-order valence-corrected chi connectivity index (χ3v) is 3.21. The largest absolute Gasteiger partial charge is 0.492 e. The highest BCUT2D eigenvalue weighted by Gasteiger charge is 2.15. The maximum absolute atomic E-state index is 5.60. The summed E-state index contributed by atoms with van der Waals surface area (Å²) in [6.45, 7) is 11.3. The molecule has 0 spiro atoms. The van der Waals surface area contributed by atoms with Crippen molar-refractivity contribution < 1.29 is 4.74 Å². The molecule has 2 rings (SSSR count). The Morgan fingerprint density at radius 1 is 1.25 bits per heavy atom. The van der Waals surface area contributed by atoms with Gasteiger partial charge >= 0.3 is 0 Å². The molecule has 0 amide bonds. The van der Waals surface area contributed by atoms with Gasteiger partial charge in [0.1, 0.15) is 5.75 Å². The molecule has 0 unspecified atom stereocenters. The van der Waals surface area contributed by atoms with Crippen LogP contribution in [0.2, 0.25) is 0 Å². The second-order valence-electron chi connectivity index (χ2n) is 3.53. The predicted molar refractivity (Wildman–Crippen MR) is 74.8 cm³/mol. The van der Waals surface area contributed by atoms with Crippen LogP contribution >= 0.6 is 11.3 Å². The smallest absolute Gasteiger partial charge is 0.136 e. The normalized spacial score (nSPS) is 12.3. The summed E-state index contributed by atoms with van der Waals surface area (Å²) in [6.07, 6.45) is 4.76. The molecule has 1 aliphatic heterocycles. The molecule has 1 aromatic rings. The molecule has 1 nitrogen and oxygen atoms in total. The van der Waals surface area contributed by atoms with Gasteiger partial charge in [-0.25, -0.2) is 0 Å². The van der Waals surface area contributed by atoms with E-state index in [1.165, 1.54) is 35.5 Å². The highest BCUT2D eigenvalue weighted by molar-refractivity contribution is 7.10. The van der Waals surface area contributed by atoms with Crippen molar-refractivity contribution in [2.45, 2.75) is 60.3 Å². The summed E-state index contributed by atoms with van der Waals surface area (Å²) in [5, 5.41) is 2.24. The molecule has 0 atom stereocenters. The van der Waals surface area contributed by atoms with E-state index in [2.05, 4.69) is 26.2 Å². The number of hydrogen-bond donors (Lipinski definition) is 0. The maximum atomic E-state index is 5.60. The summed E-state index contributed by atoms with van der Waals surface area (Å²) in [4.78, 5) is 1.42. The average molecular weight is 242 g/mol. The van der Waals surface area contributed by atoms with Crippen LogP contribution < -0.4 is 4.74 Å². The molecular weight excluding hydrogens is 216 g/mol. The van der Waals surface area contributed by atoms with E-state index in [1.807, 2.05) is 25.2 Å². The Morgan fingerprint density at radius 3 is 2.44 bits per heavy atom. The number of fused-ring (bicyclic) bond motifs is 1. The van der Waals surface area contributed by atoms with E-state index in [0.717, 1.165) is 13.0 Å². The zero-order chi connectivity index (χ0) is 12.4. The number of hydrogen-bond acceptors (Lipinski definition) is 2. The molecule has 0 saturated heterocycles. The lowest BCUT2D eigenvalue weighted by Gasteiger charge is -2.14. The van der Waals surface area contributed by atoms with E-state index >= 15 is 0 Å². The Hall–Kier alpha value is -0.500. The Morgan fingerprint density at radius 2 is 1.88 bits per heavy atom. The number of aryl methyl sites for hydroxylation is 2. The fraction of sp³-hybridized carbons (Fsp3) is 0.714. The molecule has 0 aromatic carbocycles. The van der Waals surface area contributed by atoms with Crippen LogP contribution in [0.5, 0.6) is 5.75 Å². The quantitative estimate of drug-likeness (QED) is 0.667. The molecule has 0 N–H and O–H groups in total. The monoisotopic (exact) mass is 242 g/mol. The SMILES string of the molecule is CC.CCC.CCc1scc2c1OCCC2. The Balaban J connectivity index is 0.000000394. The van der Waals surface area contributed by atoms with Crippen LogP contribution in [-0.2, 0) is 12.8 Å². The molecule has 0 saturated carbocycles. The molecule has 2 heterocycles. The fourth-order valence-electron chi connectivity index (χ4n) is 1.45. The van der Waals surface area contributed by atoms with E-state index in [0.29, 0.717) is 0 Å². The van der Waals surface area contributed by atoms with Crippen LogP contribution in [0.15, 0.2) is 5.38 Å². The van der Waals surface area contributed by atoms with Gasteiger partial charge < -0.3 is 4.74 Å². The predicted octanol–water partition coefficient (Wildman–Crippen LogP) is 5.08. The van der Waals surface area contributed by atoms with Gasteiger partial charge in [0.25, 0.3) is 0 Å². The van der Waals surface area contributed by atoms with Crippen molar-refractivity contribution in [1.29, 1.82) is 0 Å². The van der Waals surface area contributed by atoms with Crippen molar-refractivity contribution >= 4 is 11.3 Å². The zero-order valence-electron chi connectivity index (χ0n) is 11.4. The van der Waals surface area contributed by atoms with Gasteiger partial charge in [0.2, 0.25) is 0 Å². The van der Waals surface area contributed by atoms with Crippen molar-refractivity contribution in [3.63, 3.8) is 0 Å². The average Bonchev–Trinajstić information content (AvgIpc) is 2.75. The lowest BCUT2D eigenvalue weighted by molar-refractivity contribution is 0.287. The van der Waals surface area contributed by atoms with Crippen molar-refractivity contribution in [3.8, 4) is 5.75 Å². The van der Waals surface area contributed by atoms with Crippen LogP contribution in [0.4, 0.5) is 0 Å². The first-order chi connectivity index (χ1) is 7.83. The van der Waals surface area contributed by atoms with Crippen LogP contribution in [0, 0.1) is 0 Å². The molecule has 0 radical (unpaired) electrons. The van der Waals surface area contributed by atoms with Gasteiger partial charge in [0.15, 0.2) is 0 Å². The fourth-order valence-corrected chi connectivity index (χ4v) is 2.43. The minimum absolute atomic E-state index is 0.913. The lowest BCUT2D eigenvalue weighted by atomic mass is 10.1. The van der Waals surface area contributed by atoms with Gasteiger partial charge in [-0.1, -0.05) is 41.0 Å². The second kappa shape index (κ2) is 9.71. The Kier molecular flexibility index (Phi) is 9.40. The van der Waals surface area contributed by atoms with Crippen LogP contribution in [-0.4, -0.2) is 6.61 Å². The van der Waals surface area contributed by atoms with Gasteiger partial charge in [-0.15, -0.1) is 11.3 Å². The van der Waals surface area contributed by atoms with Crippen molar-refractivity contribution in [3.05, 3.63) is 15.8 Å². The van der Waals surface area contributed by atoms with Gasteiger partial charge in [-0.05, 0) is 24.6 Å². The van der Waals surface area contributed by atoms with Gasteiger partial charge in [0, 0.05) is 10.4 Å². The molecule has 2 heteroatoms. The van der Waals surface area contributed by atoms with Gasteiger partial charge in [-0.2, -0.15) is 0 Å². The highest BCUT2D eigenvalue weighted by Crippen LogP contribution is 2.34. The molecule has 1 aliphatic rings. The van der Waals surface area contributed by atoms with E-state index < -0.39 is 0 Å². The first-order valence-electron chi connectivity index (χ1n) is 6.55. The van der Waals surface area contributed by atoms with E-state index in [4.69, 9.17) is 4.74 Å². The van der Waals surface area contributed by atoms with Gasteiger partial charge in [0.05, 0.1) is 6.61 Å². The molecule has 0 fully saturated rings. The van der Waals surface area contributed by atoms with Crippen LogP contribution in [0.1, 0.15) is 57.9 Å². The van der Waals surface area contributed by atoms with E-state index in [1.54, 1.807) is 0 Å². The van der Waals surface area contributed by atoms with E-state index in [-0.39, 0.29) is 0 Å². The molecular formula is C14H26OS. The number of ether oxygens (including phenoxy) is 1. The maximum Gasteiger partial charge on any atom is 0.136 e. The molecule has 94 valence electrons. The lowest BCUT2D eigenvalue weighted by Crippen LogP contribution is -2.07. The molecule has 0 bridgehead atoms. The summed E-state index contributed by atoms with van der Waals surface area (Å²) >= 11 is 1.84. The zero-order valence-corrected chi connectivity index (χ0v) is 12.2. The third kappa shape index (κ3) is 4.56. The van der Waals surface area contributed by atoms with Crippen molar-refractivity contribution in [1.82, 2.24) is 0 Å². The molecule has 0 aliphatic carbocycles. The van der Waals surface area contributed by atoms with E-state index in [9.17, 15) is 0 Å². The second-order valence-corrected chi connectivity index (χ2v) is 4.49. The van der Waals surface area contributed by atoms with Gasteiger partial charge in [-0.3, -0.25) is 0 Å². The molecule has 16 heavy (non-hydrogen) atoms. The Bertz CT molecular complexity index is 252. The number of rotatable bonds is 1. The summed E-state index contributed by atoms with van der Waals surface area (Å²) in [5.74, 6) is 1.20. The standard InChI is InChI=1S/C9H12OS.C3H8.C2H6/c1-2-8-9-7(6-11-8)4-3-5-10-9;1-3-2;1-2/h6H,2-5H2,1H3;3H2,1-2H3;1-2H3. The number of thiophene rings is 1. The summed E-state index contributed by atoms with van der Waals surface area (Å²) < 4.78 is 5.60. The van der Waals surface area contributed by atoms with Crippen LogP contribution in [0.25, 0.3) is 0 Å². The minimum atomic E-state index is 0.913. The highest BCUT2D eigenvalue weighted by atomic mass is 32.1. The first kappa shape index (κ1) is 15.5. The Labute approximate surface area is 105 Å². The van der Waals surface area contributed by atoms with Crippen LogP contribution in [0.3, 0.4) is 0 Å². The molecule has 1 aromatic heterocycles. The van der Waals surface area contributed by atoms with Crippen molar-refractivity contribution in [2.75, 3.05) is 6.61 Å². The summed E-state index contributed by atoms with van der Waals surface area (Å²) in [6, 6.07) is 0. The van der Waals surface area contributed by atoms with Crippen molar-refractivity contribution in [2.24, 2.45) is 0 Å². The minimum Gasteiger partial charge on any atom is -0.492 e. The summed E-state index contributed by atoms with van der Waals surface area (Å²) in [7, 11) is 0. The topological polar surface area (TPSA) is 9.23 Å². The third-order valence-electron chi connectivity index (χ3n) is 2.05. The summed E-state index contributed by atoms with van der Waals surface area (Å²) in [5.41, 5.74) is 1.43. The first-order valence-corrected chi connectivity index (χ1v) is 7.43.